The van der Waals surface area contributed by atoms with E-state index in [1.165, 1.54) is 19.3 Å². The summed E-state index contributed by atoms with van der Waals surface area (Å²) in [5.74, 6) is 0.0583. The molecule has 6 heteroatoms. The monoisotopic (exact) mass is 272 g/mol. The van der Waals surface area contributed by atoms with Gasteiger partial charge in [0, 0.05) is 6.54 Å². The number of carbonyl (C=O) groups is 2. The fourth-order valence-electron chi connectivity index (χ4n) is 2.48. The van der Waals surface area contributed by atoms with Crippen molar-refractivity contribution in [2.24, 2.45) is 11.8 Å². The van der Waals surface area contributed by atoms with E-state index in [4.69, 9.17) is 10.2 Å². The molecule has 0 spiro atoms. The van der Waals surface area contributed by atoms with E-state index in [1.54, 1.807) is 0 Å². The molecule has 0 aromatic rings. The maximum absolute atomic E-state index is 11.5. The minimum absolute atomic E-state index is 0.478. The summed E-state index contributed by atoms with van der Waals surface area (Å²) in [6.45, 7) is 2.17. The van der Waals surface area contributed by atoms with Crippen LogP contribution in [0.15, 0.2) is 0 Å². The minimum Gasteiger partial charge on any atom is -0.480 e. The third-order valence-corrected chi connectivity index (χ3v) is 3.88. The molecular weight excluding hydrogens is 248 g/mol. The number of nitrogens with one attached hydrogen (secondary N) is 2. The molecule has 0 aromatic heterocycles. The molecule has 19 heavy (non-hydrogen) atoms. The first-order valence-electron chi connectivity index (χ1n) is 6.94. The van der Waals surface area contributed by atoms with Crippen LogP contribution in [0.25, 0.3) is 0 Å². The van der Waals surface area contributed by atoms with E-state index in [9.17, 15) is 9.59 Å². The van der Waals surface area contributed by atoms with Crippen LogP contribution in [0.1, 0.15) is 39.0 Å². The smallest absolute Gasteiger partial charge is 0.328 e. The molecule has 0 saturated heterocycles. The van der Waals surface area contributed by atoms with E-state index in [0.29, 0.717) is 12.5 Å². The first-order chi connectivity index (χ1) is 9.06. The topological polar surface area (TPSA) is 98.7 Å². The standard InChI is InChI=1S/C13H24N2O4/c1-2-9-3-5-10(6-4-9)7-14-13(19)15-11(8-16)12(17)18/h9-11,16H,2-8H2,1H3,(H,17,18)(H2,14,15,19)/t9?,10?,11-/m0/s1. The molecule has 0 aromatic carbocycles. The summed E-state index contributed by atoms with van der Waals surface area (Å²) in [7, 11) is 0. The summed E-state index contributed by atoms with van der Waals surface area (Å²) < 4.78 is 0. The van der Waals surface area contributed by atoms with Crippen LogP contribution in [0.2, 0.25) is 0 Å². The van der Waals surface area contributed by atoms with Gasteiger partial charge in [-0.05, 0) is 24.7 Å². The Morgan fingerprint density at radius 1 is 1.21 bits per heavy atom. The van der Waals surface area contributed by atoms with Gasteiger partial charge in [-0.1, -0.05) is 26.2 Å². The van der Waals surface area contributed by atoms with Crippen molar-refractivity contribution < 1.29 is 19.8 Å². The van der Waals surface area contributed by atoms with Crippen molar-refractivity contribution in [1.82, 2.24) is 10.6 Å². The molecule has 4 N–H and O–H groups in total. The van der Waals surface area contributed by atoms with Gasteiger partial charge in [-0.25, -0.2) is 9.59 Å². The molecular formula is C13H24N2O4. The highest BCUT2D eigenvalue weighted by Gasteiger charge is 2.22. The van der Waals surface area contributed by atoms with Crippen molar-refractivity contribution in [3.8, 4) is 0 Å². The van der Waals surface area contributed by atoms with Crippen LogP contribution in [0.4, 0.5) is 4.79 Å². The maximum Gasteiger partial charge on any atom is 0.328 e. The van der Waals surface area contributed by atoms with Crippen LogP contribution >= 0.6 is 0 Å². The highest BCUT2D eigenvalue weighted by Crippen LogP contribution is 2.29. The zero-order chi connectivity index (χ0) is 14.3. The van der Waals surface area contributed by atoms with Gasteiger partial charge >= 0.3 is 12.0 Å². The molecule has 0 aliphatic heterocycles. The predicted molar refractivity (Wildman–Crippen MR) is 70.8 cm³/mol. The molecule has 1 aliphatic rings. The molecule has 1 atom stereocenters. The largest absolute Gasteiger partial charge is 0.480 e. The first kappa shape index (κ1) is 15.8. The maximum atomic E-state index is 11.5. The van der Waals surface area contributed by atoms with Crippen LogP contribution in [0.3, 0.4) is 0 Å². The van der Waals surface area contributed by atoms with Gasteiger partial charge in [0.2, 0.25) is 0 Å². The third-order valence-electron chi connectivity index (χ3n) is 3.88. The predicted octanol–water partition coefficient (Wildman–Crippen LogP) is 0.947. The van der Waals surface area contributed by atoms with E-state index in [2.05, 4.69) is 17.6 Å². The average Bonchev–Trinajstić information content (AvgIpc) is 2.42. The van der Waals surface area contributed by atoms with E-state index >= 15 is 0 Å². The van der Waals surface area contributed by atoms with Gasteiger partial charge in [0.1, 0.15) is 0 Å². The number of carbonyl (C=O) groups excluding carboxylic acids is 1. The highest BCUT2D eigenvalue weighted by atomic mass is 16.4. The number of aliphatic hydroxyl groups excluding tert-OH is 1. The number of amides is 2. The van der Waals surface area contributed by atoms with Crippen LogP contribution in [-0.2, 0) is 4.79 Å². The molecule has 0 unspecified atom stereocenters. The lowest BCUT2D eigenvalue weighted by Crippen LogP contribution is -2.48. The molecule has 1 aliphatic carbocycles. The summed E-state index contributed by atoms with van der Waals surface area (Å²) in [6, 6.07) is -1.77. The Labute approximate surface area is 113 Å². The molecule has 6 nitrogen and oxygen atoms in total. The second kappa shape index (κ2) is 7.99. The Bertz CT molecular complexity index is 301. The zero-order valence-corrected chi connectivity index (χ0v) is 11.4. The Hall–Kier alpha value is -1.30. The Morgan fingerprint density at radius 2 is 1.79 bits per heavy atom. The van der Waals surface area contributed by atoms with Crippen LogP contribution in [0, 0.1) is 11.8 Å². The molecule has 1 rings (SSSR count). The highest BCUT2D eigenvalue weighted by molar-refractivity contribution is 5.82. The van der Waals surface area contributed by atoms with Crippen molar-refractivity contribution in [2.45, 2.75) is 45.1 Å². The van der Waals surface area contributed by atoms with Crippen LogP contribution in [-0.4, -0.2) is 41.4 Å². The van der Waals surface area contributed by atoms with Gasteiger partial charge in [0.15, 0.2) is 6.04 Å². The summed E-state index contributed by atoms with van der Waals surface area (Å²) >= 11 is 0. The van der Waals surface area contributed by atoms with Gasteiger partial charge < -0.3 is 20.8 Å². The Balaban J connectivity index is 2.22. The van der Waals surface area contributed by atoms with Crippen LogP contribution in [0.5, 0.6) is 0 Å². The molecule has 2 amide bonds. The molecule has 0 radical (unpaired) electrons. The lowest BCUT2D eigenvalue weighted by atomic mass is 9.81. The van der Waals surface area contributed by atoms with Crippen molar-refractivity contribution in [2.75, 3.05) is 13.2 Å². The van der Waals surface area contributed by atoms with Crippen molar-refractivity contribution in [3.05, 3.63) is 0 Å². The van der Waals surface area contributed by atoms with Gasteiger partial charge in [-0.15, -0.1) is 0 Å². The second-order valence-electron chi connectivity index (χ2n) is 5.22. The number of aliphatic hydroxyl groups is 1. The number of hydrogen-bond donors (Lipinski definition) is 4. The van der Waals surface area contributed by atoms with Crippen molar-refractivity contribution in [3.63, 3.8) is 0 Å². The second-order valence-corrected chi connectivity index (χ2v) is 5.22. The fraction of sp³-hybridized carbons (Fsp3) is 0.846. The van der Waals surface area contributed by atoms with Crippen molar-refractivity contribution in [1.29, 1.82) is 0 Å². The number of aliphatic carboxylic acids is 1. The van der Waals surface area contributed by atoms with Crippen LogP contribution < -0.4 is 10.6 Å². The zero-order valence-electron chi connectivity index (χ0n) is 11.4. The summed E-state index contributed by atoms with van der Waals surface area (Å²) in [5.41, 5.74) is 0. The van der Waals surface area contributed by atoms with Gasteiger partial charge in [-0.2, -0.15) is 0 Å². The lowest BCUT2D eigenvalue weighted by molar-refractivity contribution is -0.140. The number of carboxylic acid groups (broad SMARTS) is 1. The number of carboxylic acids is 1. The van der Waals surface area contributed by atoms with E-state index < -0.39 is 24.6 Å². The number of rotatable bonds is 6. The van der Waals surface area contributed by atoms with E-state index in [-0.39, 0.29) is 0 Å². The van der Waals surface area contributed by atoms with Crippen molar-refractivity contribution >= 4 is 12.0 Å². The number of urea groups is 1. The summed E-state index contributed by atoms with van der Waals surface area (Å²) in [4.78, 5) is 22.1. The molecule has 0 bridgehead atoms. The van der Waals surface area contributed by atoms with Gasteiger partial charge in [0.25, 0.3) is 0 Å². The molecule has 0 heterocycles. The van der Waals surface area contributed by atoms with Gasteiger partial charge in [0.05, 0.1) is 6.61 Å². The van der Waals surface area contributed by atoms with Gasteiger partial charge in [-0.3, -0.25) is 0 Å². The quantitative estimate of drug-likeness (QED) is 0.578. The first-order valence-corrected chi connectivity index (χ1v) is 6.94. The van der Waals surface area contributed by atoms with E-state index in [0.717, 1.165) is 18.8 Å². The molecule has 1 saturated carbocycles. The summed E-state index contributed by atoms with van der Waals surface area (Å²) in [5, 5.41) is 22.4. The lowest BCUT2D eigenvalue weighted by Gasteiger charge is -2.28. The Morgan fingerprint density at radius 3 is 2.26 bits per heavy atom. The third kappa shape index (κ3) is 5.46. The normalized spacial score (nSPS) is 24.5. The Kier molecular flexibility index (Phi) is 6.62. The molecule has 1 fully saturated rings. The molecule has 110 valence electrons. The SMILES string of the molecule is CCC1CCC(CNC(=O)N[C@@H](CO)C(=O)O)CC1. The fourth-order valence-corrected chi connectivity index (χ4v) is 2.48. The minimum atomic E-state index is -1.24. The average molecular weight is 272 g/mol. The summed E-state index contributed by atoms with van der Waals surface area (Å²) in [6.07, 6.45) is 5.86. The van der Waals surface area contributed by atoms with E-state index in [1.807, 2.05) is 0 Å². The number of hydrogen-bond acceptors (Lipinski definition) is 3.